The lowest BCUT2D eigenvalue weighted by Gasteiger charge is -2.18. The quantitative estimate of drug-likeness (QED) is 0.663. The number of hydrogen-bond acceptors (Lipinski definition) is 5. The molecule has 6 nitrogen and oxygen atoms in total. The van der Waals surface area contributed by atoms with Crippen molar-refractivity contribution in [2.24, 2.45) is 0 Å². The summed E-state index contributed by atoms with van der Waals surface area (Å²) in [6.07, 6.45) is -1.74. The van der Waals surface area contributed by atoms with Gasteiger partial charge in [-0.25, -0.2) is 4.79 Å². The first-order valence-corrected chi connectivity index (χ1v) is 7.07. The molecule has 0 radical (unpaired) electrons. The number of carbonyl (C=O) groups excluding carboxylic acids is 2. The van der Waals surface area contributed by atoms with Crippen molar-refractivity contribution in [3.05, 3.63) is 48.3 Å². The molecule has 2 rings (SSSR count). The minimum Gasteiger partial charge on any atom is -0.462 e. The van der Waals surface area contributed by atoms with Crippen LogP contribution in [-0.4, -0.2) is 31.5 Å². The summed E-state index contributed by atoms with van der Waals surface area (Å²) in [5.74, 6) is -1.32. The lowest BCUT2D eigenvalue weighted by atomic mass is 10.1. The molecule has 0 heterocycles. The lowest BCUT2D eigenvalue weighted by Crippen LogP contribution is -2.23. The second-order valence-electron chi connectivity index (χ2n) is 4.88. The molecule has 9 heteroatoms. The molecule has 1 unspecified atom stereocenters. The van der Waals surface area contributed by atoms with Crippen LogP contribution in [-0.2, 0) is 19.1 Å². The largest absolute Gasteiger partial charge is 0.523 e. The summed E-state index contributed by atoms with van der Waals surface area (Å²) in [5, 5.41) is 2.33. The van der Waals surface area contributed by atoms with E-state index in [0.29, 0.717) is 17.2 Å². The third-order valence-corrected chi connectivity index (χ3v) is 3.01. The molecular formula is C16H14F3NO5. The van der Waals surface area contributed by atoms with Gasteiger partial charge in [-0.1, -0.05) is 12.1 Å². The molecule has 1 aromatic carbocycles. The second kappa shape index (κ2) is 7.84. The number of carbonyl (C=O) groups is 2. The van der Waals surface area contributed by atoms with E-state index in [-0.39, 0.29) is 6.42 Å². The smallest absolute Gasteiger partial charge is 0.462 e. The number of ether oxygens (including phenoxy) is 3. The summed E-state index contributed by atoms with van der Waals surface area (Å²) in [6, 6.07) is 6.14. The Morgan fingerprint density at radius 1 is 1.28 bits per heavy atom. The molecule has 1 N–H and O–H groups in total. The molecule has 1 aromatic rings. The third-order valence-electron chi connectivity index (χ3n) is 3.01. The van der Waals surface area contributed by atoms with E-state index >= 15 is 0 Å². The minimum absolute atomic E-state index is 0.00408. The zero-order chi connectivity index (χ0) is 18.4. The van der Waals surface area contributed by atoms with Gasteiger partial charge in [-0.3, -0.25) is 9.53 Å². The number of halogens is 3. The Morgan fingerprint density at radius 2 is 2.04 bits per heavy atom. The van der Waals surface area contributed by atoms with Gasteiger partial charge in [0.1, 0.15) is 11.5 Å². The van der Waals surface area contributed by atoms with Crippen LogP contribution in [0.1, 0.15) is 6.42 Å². The number of hydrogen-bond donors (Lipinski definition) is 1. The van der Waals surface area contributed by atoms with Gasteiger partial charge in [0.2, 0.25) is 0 Å². The Kier molecular flexibility index (Phi) is 5.81. The van der Waals surface area contributed by atoms with Crippen LogP contribution in [0.25, 0.3) is 0 Å². The molecule has 0 bridgehead atoms. The maximum Gasteiger partial charge on any atom is 0.523 e. The molecule has 1 aliphatic carbocycles. The van der Waals surface area contributed by atoms with Gasteiger partial charge in [-0.15, -0.1) is 13.2 Å². The van der Waals surface area contributed by atoms with Gasteiger partial charge in [0, 0.05) is 11.8 Å². The number of alkyl halides is 3. The van der Waals surface area contributed by atoms with Gasteiger partial charge in [-0.05, 0) is 30.7 Å². The summed E-state index contributed by atoms with van der Waals surface area (Å²) in [6.45, 7) is 0. The SMILES string of the molecule is COC(=O)C(=O)Nc1cccc(OC2=CCC(OC(F)(F)F)C=C2)c1. The van der Waals surface area contributed by atoms with E-state index in [1.807, 2.05) is 0 Å². The van der Waals surface area contributed by atoms with Gasteiger partial charge in [0.15, 0.2) is 0 Å². The average Bonchev–Trinajstić information content (AvgIpc) is 2.55. The number of amides is 1. The van der Waals surface area contributed by atoms with Gasteiger partial charge < -0.3 is 14.8 Å². The van der Waals surface area contributed by atoms with Crippen LogP contribution in [0, 0.1) is 0 Å². The molecule has 0 aliphatic heterocycles. The van der Waals surface area contributed by atoms with E-state index in [0.717, 1.165) is 7.11 Å². The first-order valence-electron chi connectivity index (χ1n) is 7.07. The first-order chi connectivity index (χ1) is 11.8. The number of esters is 1. The molecule has 25 heavy (non-hydrogen) atoms. The van der Waals surface area contributed by atoms with Crippen molar-refractivity contribution in [3.63, 3.8) is 0 Å². The normalized spacial score (nSPS) is 16.8. The Morgan fingerprint density at radius 3 is 2.64 bits per heavy atom. The molecular weight excluding hydrogens is 343 g/mol. The fourth-order valence-electron chi connectivity index (χ4n) is 1.96. The van der Waals surface area contributed by atoms with Crippen molar-refractivity contribution in [2.75, 3.05) is 12.4 Å². The highest BCUT2D eigenvalue weighted by molar-refractivity contribution is 6.37. The average molecular weight is 357 g/mol. The molecule has 134 valence electrons. The Bertz CT molecular complexity index is 712. The van der Waals surface area contributed by atoms with Crippen molar-refractivity contribution >= 4 is 17.6 Å². The molecule has 1 aliphatic rings. The highest BCUT2D eigenvalue weighted by Crippen LogP contribution is 2.26. The Labute approximate surface area is 140 Å². The summed E-state index contributed by atoms with van der Waals surface area (Å²) < 4.78 is 50.1. The number of methoxy groups -OCH3 is 1. The predicted octanol–water partition coefficient (Wildman–Crippen LogP) is 2.93. The fourth-order valence-corrected chi connectivity index (χ4v) is 1.96. The summed E-state index contributed by atoms with van der Waals surface area (Å²) in [4.78, 5) is 22.5. The maximum atomic E-state index is 12.1. The number of rotatable bonds is 4. The molecule has 0 saturated heterocycles. The summed E-state index contributed by atoms with van der Waals surface area (Å²) in [5.41, 5.74) is 0.298. The van der Waals surface area contributed by atoms with E-state index in [4.69, 9.17) is 4.74 Å². The lowest BCUT2D eigenvalue weighted by molar-refractivity contribution is -0.336. The molecule has 1 amide bonds. The van der Waals surface area contributed by atoms with Crippen molar-refractivity contribution in [1.82, 2.24) is 0 Å². The van der Waals surface area contributed by atoms with Crippen LogP contribution in [0.3, 0.4) is 0 Å². The van der Waals surface area contributed by atoms with Crippen LogP contribution < -0.4 is 10.1 Å². The van der Waals surface area contributed by atoms with Crippen molar-refractivity contribution < 1.29 is 37.0 Å². The highest BCUT2D eigenvalue weighted by Gasteiger charge is 2.32. The van der Waals surface area contributed by atoms with E-state index in [9.17, 15) is 22.8 Å². The fraction of sp³-hybridized carbons (Fsp3) is 0.250. The van der Waals surface area contributed by atoms with E-state index in [2.05, 4.69) is 14.8 Å². The van der Waals surface area contributed by atoms with E-state index < -0.39 is 24.3 Å². The van der Waals surface area contributed by atoms with Crippen LogP contribution in [0.5, 0.6) is 5.75 Å². The zero-order valence-corrected chi connectivity index (χ0v) is 13.0. The number of allylic oxidation sites excluding steroid dienone is 1. The van der Waals surface area contributed by atoms with Crippen LogP contribution >= 0.6 is 0 Å². The Balaban J connectivity index is 1.96. The van der Waals surface area contributed by atoms with Gasteiger partial charge in [-0.2, -0.15) is 0 Å². The van der Waals surface area contributed by atoms with Crippen molar-refractivity contribution in [1.29, 1.82) is 0 Å². The van der Waals surface area contributed by atoms with Crippen molar-refractivity contribution in [2.45, 2.75) is 18.9 Å². The number of benzene rings is 1. The second-order valence-corrected chi connectivity index (χ2v) is 4.88. The summed E-state index contributed by atoms with van der Waals surface area (Å²) in [7, 11) is 1.08. The van der Waals surface area contributed by atoms with Gasteiger partial charge in [0.25, 0.3) is 0 Å². The zero-order valence-electron chi connectivity index (χ0n) is 13.0. The van der Waals surface area contributed by atoms with Crippen LogP contribution in [0.15, 0.2) is 48.3 Å². The number of anilines is 1. The molecule has 0 saturated carbocycles. The van der Waals surface area contributed by atoms with Crippen molar-refractivity contribution in [3.8, 4) is 5.75 Å². The van der Waals surface area contributed by atoms with E-state index in [1.165, 1.54) is 30.4 Å². The molecule has 0 fully saturated rings. The van der Waals surface area contributed by atoms with Gasteiger partial charge >= 0.3 is 18.2 Å². The maximum absolute atomic E-state index is 12.1. The predicted molar refractivity (Wildman–Crippen MR) is 80.5 cm³/mol. The molecule has 0 spiro atoms. The van der Waals surface area contributed by atoms with Crippen LogP contribution in [0.2, 0.25) is 0 Å². The number of nitrogens with one attached hydrogen (secondary N) is 1. The summed E-state index contributed by atoms with van der Waals surface area (Å²) >= 11 is 0. The third kappa shape index (κ3) is 5.96. The molecule has 1 atom stereocenters. The standard InChI is InChI=1S/C16H14F3NO5/c1-23-15(22)14(21)20-10-3-2-4-13(9-10)24-11-5-7-12(8-6-11)25-16(17,18)19/h2-7,9,12H,8H2,1H3,(H,20,21). The van der Waals surface area contributed by atoms with Gasteiger partial charge in [0.05, 0.1) is 13.2 Å². The Hall–Kier alpha value is -2.81. The molecule has 0 aromatic heterocycles. The van der Waals surface area contributed by atoms with E-state index in [1.54, 1.807) is 12.1 Å². The minimum atomic E-state index is -4.70. The highest BCUT2D eigenvalue weighted by atomic mass is 19.4. The van der Waals surface area contributed by atoms with Crippen LogP contribution in [0.4, 0.5) is 18.9 Å². The topological polar surface area (TPSA) is 73.9 Å². The monoisotopic (exact) mass is 357 g/mol. The first kappa shape index (κ1) is 18.5.